The minimum atomic E-state index is -0.581. The summed E-state index contributed by atoms with van der Waals surface area (Å²) in [4.78, 5) is 0. The van der Waals surface area contributed by atoms with Crippen LogP contribution < -0.4 is 15.8 Å². The van der Waals surface area contributed by atoms with Gasteiger partial charge in [0.2, 0.25) is 0 Å². The smallest absolute Gasteiger partial charge is 0.161 e. The van der Waals surface area contributed by atoms with Gasteiger partial charge in [-0.15, -0.1) is 0 Å². The van der Waals surface area contributed by atoms with Gasteiger partial charge in [0, 0.05) is 47.2 Å². The monoisotopic (exact) mass is 970 g/mol. The largest absolute Gasteiger partial charge is 0.508 e. The Kier molecular flexibility index (Phi) is 14.0. The maximum atomic E-state index is 11.6. The van der Waals surface area contributed by atoms with Gasteiger partial charge in [0.25, 0.3) is 0 Å². The average molecular weight is 970 g/mol. The van der Waals surface area contributed by atoms with Gasteiger partial charge in [-0.05, 0) is 163 Å². The Morgan fingerprint density at radius 3 is 2.51 bits per heavy atom. The molecule has 5 aromatic carbocycles. The summed E-state index contributed by atoms with van der Waals surface area (Å²) < 4.78 is 22.0. The molecule has 1 aromatic heterocycles. The molecule has 10 heteroatoms. The molecule has 0 amide bonds. The van der Waals surface area contributed by atoms with Crippen LogP contribution in [0.1, 0.15) is 128 Å². The second-order valence-corrected chi connectivity index (χ2v) is 21.7. The van der Waals surface area contributed by atoms with Crippen LogP contribution in [0, 0.1) is 5.92 Å². The molecule has 11 rings (SSSR count). The number of rotatable bonds is 10. The first-order chi connectivity index (χ1) is 35.1. The second kappa shape index (κ2) is 20.8. The van der Waals surface area contributed by atoms with Crippen LogP contribution >= 0.6 is 0 Å². The number of aliphatic hydroxyl groups is 1. The van der Waals surface area contributed by atoms with Crippen molar-refractivity contribution in [1.29, 1.82) is 0 Å². The summed E-state index contributed by atoms with van der Waals surface area (Å²) in [5.74, 6) is 2.23. The number of nitrogens with two attached hydrogens (primary N) is 1. The Labute approximate surface area is 424 Å². The lowest BCUT2D eigenvalue weighted by molar-refractivity contribution is -0.00873. The molecule has 6 aromatic rings. The Balaban J connectivity index is 0.871. The van der Waals surface area contributed by atoms with Gasteiger partial charge in [0.05, 0.1) is 31.6 Å². The number of aromatic nitrogens is 1. The number of phenols is 3. The van der Waals surface area contributed by atoms with Crippen molar-refractivity contribution >= 4 is 16.6 Å². The molecule has 2 aliphatic carbocycles. The molecule has 5 aliphatic rings. The molecule has 1 spiro atoms. The molecule has 4 heterocycles. The first-order valence-electron chi connectivity index (χ1n) is 26.7. The number of ether oxygens (including phenoxy) is 3. The number of fused-ring (bicyclic) bond motifs is 8. The van der Waals surface area contributed by atoms with E-state index in [1.807, 2.05) is 36.4 Å². The number of hydrogen-bond donors (Lipinski definition) is 6. The number of nitrogens with one attached hydrogen (secondary N) is 1. The first kappa shape index (κ1) is 48.2. The van der Waals surface area contributed by atoms with Gasteiger partial charge in [-0.3, -0.25) is 0 Å². The minimum Gasteiger partial charge on any atom is -0.508 e. The van der Waals surface area contributed by atoms with Gasteiger partial charge >= 0.3 is 0 Å². The average Bonchev–Trinajstić information content (AvgIpc) is 4.05. The van der Waals surface area contributed by atoms with Crippen molar-refractivity contribution in [3.05, 3.63) is 172 Å². The van der Waals surface area contributed by atoms with E-state index in [9.17, 15) is 20.4 Å². The van der Waals surface area contributed by atoms with Crippen LogP contribution in [0.3, 0.4) is 0 Å². The van der Waals surface area contributed by atoms with Gasteiger partial charge in [-0.1, -0.05) is 98.8 Å². The summed E-state index contributed by atoms with van der Waals surface area (Å²) in [5.41, 5.74) is 16.9. The lowest BCUT2D eigenvalue weighted by atomic mass is 9.51. The van der Waals surface area contributed by atoms with E-state index >= 15 is 0 Å². The molecular formula is C62H71N3O7. The van der Waals surface area contributed by atoms with Crippen molar-refractivity contribution in [1.82, 2.24) is 9.88 Å². The highest BCUT2D eigenvalue weighted by atomic mass is 16.5. The molecule has 376 valence electrons. The van der Waals surface area contributed by atoms with Crippen LogP contribution in [0.2, 0.25) is 0 Å². The van der Waals surface area contributed by atoms with Crippen molar-refractivity contribution in [2.45, 2.75) is 139 Å². The van der Waals surface area contributed by atoms with Crippen LogP contribution in [0.4, 0.5) is 0 Å². The number of unbranched alkanes of at least 4 members (excludes halogenated alkanes) is 3. The molecule has 1 unspecified atom stereocenters. The van der Waals surface area contributed by atoms with E-state index in [1.54, 1.807) is 24.3 Å². The number of hydrogen-bond acceptors (Lipinski definition) is 9. The predicted octanol–water partition coefficient (Wildman–Crippen LogP) is 11.4. The Bertz CT molecular complexity index is 2970. The summed E-state index contributed by atoms with van der Waals surface area (Å²) in [7, 11) is 0. The molecule has 2 fully saturated rings. The van der Waals surface area contributed by atoms with E-state index in [0.717, 1.165) is 102 Å². The lowest BCUT2D eigenvalue weighted by Gasteiger charge is -2.54. The third-order valence-electron chi connectivity index (χ3n) is 16.9. The van der Waals surface area contributed by atoms with Crippen LogP contribution in [0.25, 0.3) is 16.6 Å². The highest BCUT2D eigenvalue weighted by molar-refractivity contribution is 5.88. The fraction of sp³-hybridized carbons (Fsp3) is 0.419. The maximum absolute atomic E-state index is 11.6. The number of benzene rings is 5. The first-order valence-corrected chi connectivity index (χ1v) is 26.7. The molecule has 7 N–H and O–H groups in total. The van der Waals surface area contributed by atoms with Gasteiger partial charge in [0.1, 0.15) is 23.9 Å². The summed E-state index contributed by atoms with van der Waals surface area (Å²) >= 11 is 0. The van der Waals surface area contributed by atoms with Crippen LogP contribution in [-0.4, -0.2) is 63.2 Å². The SMILES string of the molecule is NC1C=CC2=C(N1)n1cc3cc([C@]45CCOC[C@@H]4CC4(CCCC4)c4ccccc45)cc(c3c1)COc1cc(ccc1O)CC[C@@H](O)C[C@H](CCCCCCc1ccc(O)c(Cc3cccc(O)c3)c1)OC2. The van der Waals surface area contributed by atoms with Crippen LogP contribution in [0.15, 0.2) is 127 Å². The number of aliphatic hydroxyl groups excluding tert-OH is 1. The minimum absolute atomic E-state index is 0.0954. The quantitative estimate of drug-likeness (QED) is 0.0737. The number of nitrogens with zero attached hydrogens (tertiary/aromatic N) is 1. The molecule has 1 saturated heterocycles. The third kappa shape index (κ3) is 9.91. The normalized spacial score (nSPS) is 24.0. The summed E-state index contributed by atoms with van der Waals surface area (Å²) in [5, 5.41) is 49.1. The zero-order valence-corrected chi connectivity index (χ0v) is 41.5. The summed E-state index contributed by atoms with van der Waals surface area (Å²) in [6.45, 7) is 2.07. The number of phenolic OH excluding ortho intramolecular Hbond substituents is 3. The fourth-order valence-corrected chi connectivity index (χ4v) is 13.3. The van der Waals surface area contributed by atoms with E-state index in [4.69, 9.17) is 19.9 Å². The molecular weight excluding hydrogens is 899 g/mol. The highest BCUT2D eigenvalue weighted by Gasteiger charge is 2.55. The topological polar surface area (TPSA) is 152 Å². The van der Waals surface area contributed by atoms with E-state index < -0.39 is 6.10 Å². The molecule has 4 bridgehead atoms. The van der Waals surface area contributed by atoms with E-state index in [2.05, 4.69) is 70.8 Å². The van der Waals surface area contributed by atoms with Crippen molar-refractivity contribution in [2.24, 2.45) is 11.7 Å². The summed E-state index contributed by atoms with van der Waals surface area (Å²) in [6.07, 6.45) is 22.4. The maximum Gasteiger partial charge on any atom is 0.161 e. The third-order valence-corrected chi connectivity index (χ3v) is 16.9. The van der Waals surface area contributed by atoms with Crippen LogP contribution in [-0.2, 0) is 46.2 Å². The molecule has 10 nitrogen and oxygen atoms in total. The molecule has 5 atom stereocenters. The lowest BCUT2D eigenvalue weighted by Crippen LogP contribution is -2.51. The van der Waals surface area contributed by atoms with E-state index in [1.165, 1.54) is 47.9 Å². The van der Waals surface area contributed by atoms with Crippen molar-refractivity contribution in [3.8, 4) is 23.0 Å². The highest BCUT2D eigenvalue weighted by Crippen LogP contribution is 2.60. The molecule has 72 heavy (non-hydrogen) atoms. The molecule has 0 radical (unpaired) electrons. The zero-order valence-electron chi connectivity index (χ0n) is 41.5. The summed E-state index contributed by atoms with van der Waals surface area (Å²) in [6, 6.07) is 32.7. The number of dihydropyridines is 1. The molecule has 3 aliphatic heterocycles. The van der Waals surface area contributed by atoms with E-state index in [-0.39, 0.29) is 47.0 Å². The van der Waals surface area contributed by atoms with E-state index in [0.29, 0.717) is 50.6 Å². The Hall–Kier alpha value is -6.04. The van der Waals surface area contributed by atoms with Crippen molar-refractivity contribution in [3.63, 3.8) is 0 Å². The van der Waals surface area contributed by atoms with Gasteiger partial charge < -0.3 is 50.3 Å². The standard InChI is InChI=1S/C62H71N3O7/c63-59-23-19-44-38-71-52(13-4-2-1-3-10-41-17-21-56(68)45(28-41)29-43-11-9-12-50(66)30-43)34-51(67)20-16-42-18-22-57(69)58(31-42)72-39-47-33-48(32-46-36-65(37-53(46)47)60(44)64-59)62-26-27-70-40-49(62)35-61(24-7-8-25-61)54-14-5-6-15-55(54)62/h5-6,9,11-12,14-15,17-19,21-23,28,30-33,36-37,49,51-52,59,64,66-69H,1-4,7-8,10,13,16,20,24-27,29,34-35,38-40,63H2/t49-,51+,52-,59?,62+/m0/s1. The van der Waals surface area contributed by atoms with Crippen LogP contribution in [0.5, 0.6) is 23.0 Å². The van der Waals surface area contributed by atoms with Crippen molar-refractivity contribution < 1.29 is 34.6 Å². The Morgan fingerprint density at radius 1 is 0.792 bits per heavy atom. The fourth-order valence-electron chi connectivity index (χ4n) is 13.3. The Morgan fingerprint density at radius 2 is 1.64 bits per heavy atom. The number of aryl methyl sites for hydroxylation is 2. The van der Waals surface area contributed by atoms with Crippen molar-refractivity contribution in [2.75, 3.05) is 19.8 Å². The van der Waals surface area contributed by atoms with Gasteiger partial charge in [-0.2, -0.15) is 0 Å². The predicted molar refractivity (Wildman–Crippen MR) is 283 cm³/mol. The van der Waals surface area contributed by atoms with Gasteiger partial charge in [0.15, 0.2) is 11.5 Å². The molecule has 1 saturated carbocycles. The second-order valence-electron chi connectivity index (χ2n) is 21.7. The number of aromatic hydroxyl groups is 3. The van der Waals surface area contributed by atoms with Gasteiger partial charge in [-0.25, -0.2) is 0 Å². The zero-order chi connectivity index (χ0) is 49.2.